The van der Waals surface area contributed by atoms with Crippen molar-refractivity contribution in [1.29, 1.82) is 0 Å². The molecule has 0 aromatic heterocycles. The Balaban J connectivity index is 2.54. The molecule has 1 atom stereocenters. The van der Waals surface area contributed by atoms with Gasteiger partial charge in [0.05, 0.1) is 11.7 Å². The lowest BCUT2D eigenvalue weighted by atomic mass is 9.89. The van der Waals surface area contributed by atoms with Crippen LogP contribution in [0.1, 0.15) is 20.8 Å². The van der Waals surface area contributed by atoms with E-state index in [1.807, 2.05) is 13.8 Å². The van der Waals surface area contributed by atoms with Crippen LogP contribution in [0, 0.1) is 0 Å². The lowest BCUT2D eigenvalue weighted by molar-refractivity contribution is -0.126. The zero-order chi connectivity index (χ0) is 11.0. The van der Waals surface area contributed by atoms with Gasteiger partial charge in [0.15, 0.2) is 0 Å². The summed E-state index contributed by atoms with van der Waals surface area (Å²) in [6.45, 7) is 1.43. The Labute approximate surface area is 82.5 Å². The first-order valence-corrected chi connectivity index (χ1v) is 4.79. The van der Waals surface area contributed by atoms with Crippen LogP contribution in [0.5, 0.6) is 0 Å². The third-order valence-corrected chi connectivity index (χ3v) is 2.11. The van der Waals surface area contributed by atoms with Gasteiger partial charge in [-0.3, -0.25) is 0 Å². The van der Waals surface area contributed by atoms with Crippen LogP contribution in [0.15, 0.2) is 0 Å². The molecule has 6 heteroatoms. The number of hydrogen-bond donors (Lipinski definition) is 0. The molecule has 0 spiro atoms. The molecule has 0 amide bonds. The van der Waals surface area contributed by atoms with E-state index in [1.54, 1.807) is 6.92 Å². The van der Waals surface area contributed by atoms with Crippen molar-refractivity contribution < 1.29 is 17.7 Å². The summed E-state index contributed by atoms with van der Waals surface area (Å²) in [6, 6.07) is 0. The van der Waals surface area contributed by atoms with Crippen molar-refractivity contribution in [1.82, 2.24) is 4.90 Å². The van der Waals surface area contributed by atoms with Gasteiger partial charge >= 0.3 is 6.98 Å². The van der Waals surface area contributed by atoms with E-state index in [2.05, 4.69) is 0 Å². The predicted molar refractivity (Wildman–Crippen MR) is 50.1 cm³/mol. The maximum absolute atomic E-state index is 12.2. The van der Waals surface area contributed by atoms with E-state index in [0.29, 0.717) is 13.1 Å². The second-order valence-electron chi connectivity index (χ2n) is 4.59. The number of rotatable bonds is 2. The first kappa shape index (κ1) is 11.8. The van der Waals surface area contributed by atoms with Crippen molar-refractivity contribution in [3.63, 3.8) is 0 Å². The van der Waals surface area contributed by atoms with E-state index >= 15 is 0 Å². The van der Waals surface area contributed by atoms with E-state index < -0.39 is 19.0 Å². The van der Waals surface area contributed by atoms with Gasteiger partial charge in [0, 0.05) is 13.1 Å². The lowest BCUT2D eigenvalue weighted by Crippen LogP contribution is -2.54. The van der Waals surface area contributed by atoms with Crippen molar-refractivity contribution in [3.05, 3.63) is 0 Å². The third kappa shape index (κ3) is 3.88. The molecule has 1 fully saturated rings. The Bertz CT molecular complexity index is 205. The van der Waals surface area contributed by atoms with Gasteiger partial charge in [-0.15, -0.1) is 0 Å². The average molecular weight is 210 g/mol. The van der Waals surface area contributed by atoms with Crippen LogP contribution >= 0.6 is 0 Å². The second-order valence-corrected chi connectivity index (χ2v) is 4.59. The molecule has 0 aliphatic carbocycles. The number of ether oxygens (including phenoxy) is 1. The highest BCUT2D eigenvalue weighted by atomic mass is 19.4. The van der Waals surface area contributed by atoms with Crippen molar-refractivity contribution in [2.24, 2.45) is 0 Å². The highest BCUT2D eigenvalue weighted by Gasteiger charge is 2.35. The second kappa shape index (κ2) is 3.74. The van der Waals surface area contributed by atoms with Crippen LogP contribution in [0.4, 0.5) is 12.9 Å². The van der Waals surface area contributed by atoms with Crippen molar-refractivity contribution in [3.8, 4) is 0 Å². The monoisotopic (exact) mass is 210 g/mol. The van der Waals surface area contributed by atoms with E-state index in [9.17, 15) is 12.9 Å². The van der Waals surface area contributed by atoms with Crippen LogP contribution in [-0.2, 0) is 4.74 Å². The summed E-state index contributed by atoms with van der Waals surface area (Å²) < 4.78 is 42.1. The van der Waals surface area contributed by atoms with Gasteiger partial charge in [-0.05, 0) is 27.2 Å². The summed E-state index contributed by atoms with van der Waals surface area (Å²) in [5.74, 6) is 0. The van der Waals surface area contributed by atoms with Gasteiger partial charge in [-0.1, -0.05) is 0 Å². The topological polar surface area (TPSA) is 12.5 Å². The fourth-order valence-electron chi connectivity index (χ4n) is 2.02. The van der Waals surface area contributed by atoms with E-state index in [-0.39, 0.29) is 6.10 Å². The molecule has 0 aromatic rings. The molecule has 0 radical (unpaired) electrons. The molecule has 1 aliphatic rings. The molecule has 1 rings (SSSR count). The summed E-state index contributed by atoms with van der Waals surface area (Å²) in [4.78, 5) is 1.42. The Morgan fingerprint density at radius 1 is 1.43 bits per heavy atom. The van der Waals surface area contributed by atoms with E-state index in [0.717, 1.165) is 0 Å². The number of halogens is 3. The van der Waals surface area contributed by atoms with Crippen LogP contribution in [0.2, 0.25) is 0 Å². The minimum atomic E-state index is -4.72. The molecule has 1 heterocycles. The molecule has 1 unspecified atom stereocenters. The molecule has 0 N–H and O–H groups in total. The van der Waals surface area contributed by atoms with Crippen LogP contribution < -0.4 is 0 Å². The first-order chi connectivity index (χ1) is 6.18. The standard InChI is InChI=1S/C8H16BF3NO/c1-7-4-13(6-9(10,11)12)5-8(2,3)14-7/h7H,4-6H2,1-3H3/q-1. The van der Waals surface area contributed by atoms with Crippen LogP contribution in [0.25, 0.3) is 0 Å². The summed E-state index contributed by atoms with van der Waals surface area (Å²) in [5.41, 5.74) is -0.473. The predicted octanol–water partition coefficient (Wildman–Crippen LogP) is 1.87. The summed E-state index contributed by atoms with van der Waals surface area (Å²) >= 11 is 0. The third-order valence-electron chi connectivity index (χ3n) is 2.11. The molecular weight excluding hydrogens is 194 g/mol. The summed E-state index contributed by atoms with van der Waals surface area (Å²) in [6.07, 6.45) is -0.908. The smallest absolute Gasteiger partial charge is 0.448 e. The van der Waals surface area contributed by atoms with Gasteiger partial charge in [-0.25, -0.2) is 0 Å². The molecule has 0 aromatic carbocycles. The van der Waals surface area contributed by atoms with Crippen molar-refractivity contribution in [2.75, 3.05) is 19.5 Å². The minimum Gasteiger partial charge on any atom is -0.448 e. The largest absolute Gasteiger partial charge is 0.492 e. The Morgan fingerprint density at radius 3 is 2.43 bits per heavy atom. The van der Waals surface area contributed by atoms with Gasteiger partial charge in [0.2, 0.25) is 0 Å². The van der Waals surface area contributed by atoms with Gasteiger partial charge in [0.1, 0.15) is 0 Å². The molecule has 0 saturated carbocycles. The minimum absolute atomic E-state index is 0.128. The number of nitrogens with zero attached hydrogens (tertiary/aromatic N) is 1. The molecule has 0 bridgehead atoms. The van der Waals surface area contributed by atoms with Crippen molar-refractivity contribution in [2.45, 2.75) is 32.5 Å². The molecule has 2 nitrogen and oxygen atoms in total. The van der Waals surface area contributed by atoms with Gasteiger partial charge < -0.3 is 22.6 Å². The Kier molecular flexibility index (Phi) is 3.16. The Morgan fingerprint density at radius 2 is 2.00 bits per heavy atom. The average Bonchev–Trinajstić information content (AvgIpc) is 1.74. The lowest BCUT2D eigenvalue weighted by Gasteiger charge is -2.43. The summed E-state index contributed by atoms with van der Waals surface area (Å²) in [5, 5.41) is 0. The SMILES string of the molecule is CC1CN(C[B-](F)(F)F)CC(C)(C)O1. The maximum atomic E-state index is 12.2. The van der Waals surface area contributed by atoms with Crippen LogP contribution in [0.3, 0.4) is 0 Å². The molecule has 14 heavy (non-hydrogen) atoms. The van der Waals surface area contributed by atoms with Crippen molar-refractivity contribution >= 4 is 6.98 Å². The first-order valence-electron chi connectivity index (χ1n) is 4.79. The summed E-state index contributed by atoms with van der Waals surface area (Å²) in [7, 11) is 0. The Hall–Kier alpha value is -0.225. The van der Waals surface area contributed by atoms with Gasteiger partial charge in [0.25, 0.3) is 0 Å². The van der Waals surface area contributed by atoms with Crippen LogP contribution in [-0.4, -0.2) is 43.1 Å². The zero-order valence-electron chi connectivity index (χ0n) is 8.77. The quantitative estimate of drug-likeness (QED) is 0.645. The number of morpholine rings is 1. The fourth-order valence-corrected chi connectivity index (χ4v) is 2.02. The normalized spacial score (nSPS) is 29.1. The molecule has 84 valence electrons. The molecule has 1 aliphatic heterocycles. The van der Waals surface area contributed by atoms with E-state index in [4.69, 9.17) is 4.74 Å². The van der Waals surface area contributed by atoms with Gasteiger partial charge in [-0.2, -0.15) is 0 Å². The molecular formula is C8H16BF3NO-. The highest BCUT2D eigenvalue weighted by molar-refractivity contribution is 6.58. The zero-order valence-corrected chi connectivity index (χ0v) is 8.77. The number of hydrogen-bond acceptors (Lipinski definition) is 2. The van der Waals surface area contributed by atoms with E-state index in [1.165, 1.54) is 4.90 Å². The highest BCUT2D eigenvalue weighted by Crippen LogP contribution is 2.22. The molecule has 1 saturated heterocycles. The maximum Gasteiger partial charge on any atom is 0.492 e. The fraction of sp³-hybridized carbons (Fsp3) is 1.00.